The van der Waals surface area contributed by atoms with Crippen molar-refractivity contribution in [2.45, 2.75) is 26.7 Å². The molecule has 0 radical (unpaired) electrons. The number of hydrogen-bond donors (Lipinski definition) is 0. The normalized spacial score (nSPS) is 15.9. The van der Waals surface area contributed by atoms with Crippen LogP contribution in [0.2, 0.25) is 0 Å². The number of piperazine rings is 1. The second-order valence-electron chi connectivity index (χ2n) is 8.41. The zero-order chi connectivity index (χ0) is 20.4. The van der Waals surface area contributed by atoms with E-state index >= 15 is 0 Å². The van der Waals surface area contributed by atoms with E-state index in [0.717, 1.165) is 31.0 Å². The largest absolute Gasteiger partial charge is 0.440 e. The van der Waals surface area contributed by atoms with Crippen LogP contribution in [0.1, 0.15) is 23.1 Å². The van der Waals surface area contributed by atoms with Crippen LogP contribution in [0.3, 0.4) is 0 Å². The Morgan fingerprint density at radius 1 is 0.897 bits per heavy atom. The summed E-state index contributed by atoms with van der Waals surface area (Å²) in [4.78, 5) is 5.01. The summed E-state index contributed by atoms with van der Waals surface area (Å²) >= 11 is 0. The number of nitrogens with zero attached hydrogens (tertiary/aromatic N) is 3. The van der Waals surface area contributed by atoms with Crippen LogP contribution in [0.5, 0.6) is 11.6 Å². The second kappa shape index (κ2) is 8.60. The Bertz CT molecular complexity index is 983. The molecule has 29 heavy (non-hydrogen) atoms. The Hall–Kier alpha value is -2.30. The Morgan fingerprint density at radius 2 is 1.66 bits per heavy atom. The molecule has 3 aromatic rings. The SMILES string of the molecule is Cc1cccc(Oc2c(CCCN3CCN(C)CC3)c3ccccc3n2C)c1C. The van der Waals surface area contributed by atoms with E-state index in [1.807, 2.05) is 0 Å². The van der Waals surface area contributed by atoms with Gasteiger partial charge in [0.1, 0.15) is 5.75 Å². The first-order valence-electron chi connectivity index (χ1n) is 10.8. The Labute approximate surface area is 174 Å². The molecule has 1 aliphatic rings. The maximum Gasteiger partial charge on any atom is 0.204 e. The first-order chi connectivity index (χ1) is 14.0. The summed E-state index contributed by atoms with van der Waals surface area (Å²) in [6.45, 7) is 10.1. The minimum atomic E-state index is 0.955. The van der Waals surface area contributed by atoms with E-state index in [1.165, 1.54) is 53.8 Å². The summed E-state index contributed by atoms with van der Waals surface area (Å²) in [7, 11) is 4.33. The third-order valence-electron chi connectivity index (χ3n) is 6.41. The number of rotatable bonds is 6. The molecule has 1 saturated heterocycles. The summed E-state index contributed by atoms with van der Waals surface area (Å²) in [5.74, 6) is 1.94. The third kappa shape index (κ3) is 4.19. The number of ether oxygens (including phenoxy) is 1. The van der Waals surface area contributed by atoms with Gasteiger partial charge >= 0.3 is 0 Å². The highest BCUT2D eigenvalue weighted by atomic mass is 16.5. The second-order valence-corrected chi connectivity index (χ2v) is 8.41. The van der Waals surface area contributed by atoms with Gasteiger partial charge in [-0.2, -0.15) is 0 Å². The Morgan fingerprint density at radius 3 is 2.45 bits per heavy atom. The van der Waals surface area contributed by atoms with E-state index in [1.54, 1.807) is 0 Å². The molecule has 0 amide bonds. The summed E-state index contributed by atoms with van der Waals surface area (Å²) in [5, 5.41) is 1.31. The van der Waals surface area contributed by atoms with Crippen molar-refractivity contribution in [1.29, 1.82) is 0 Å². The molecule has 1 aliphatic heterocycles. The molecule has 0 atom stereocenters. The van der Waals surface area contributed by atoms with Crippen molar-refractivity contribution >= 4 is 10.9 Å². The number of likely N-dealkylation sites (N-methyl/N-ethyl adjacent to an activating group) is 1. The first kappa shape index (κ1) is 20.0. The maximum absolute atomic E-state index is 6.54. The maximum atomic E-state index is 6.54. The van der Waals surface area contributed by atoms with Crippen LogP contribution in [0.25, 0.3) is 10.9 Å². The van der Waals surface area contributed by atoms with Gasteiger partial charge in [0.2, 0.25) is 5.88 Å². The van der Waals surface area contributed by atoms with E-state index in [-0.39, 0.29) is 0 Å². The minimum absolute atomic E-state index is 0.955. The number of aryl methyl sites for hydroxylation is 3. The van der Waals surface area contributed by atoms with Crippen LogP contribution in [0.15, 0.2) is 42.5 Å². The molecule has 154 valence electrons. The van der Waals surface area contributed by atoms with Gasteiger partial charge in [-0.05, 0) is 63.5 Å². The van der Waals surface area contributed by atoms with Gasteiger partial charge in [-0.25, -0.2) is 0 Å². The van der Waals surface area contributed by atoms with Gasteiger partial charge in [-0.3, -0.25) is 0 Å². The standard InChI is InChI=1S/C25H33N3O/c1-19-9-7-13-24(20(19)2)29-25-22(21-10-5-6-12-23(21)27(25)4)11-8-14-28-17-15-26(3)16-18-28/h5-7,9-10,12-13H,8,11,14-18H2,1-4H3. The van der Waals surface area contributed by atoms with Crippen molar-refractivity contribution in [3.63, 3.8) is 0 Å². The van der Waals surface area contributed by atoms with Crippen molar-refractivity contribution in [3.8, 4) is 11.6 Å². The van der Waals surface area contributed by atoms with E-state index in [4.69, 9.17) is 4.74 Å². The molecule has 2 heterocycles. The molecule has 2 aromatic carbocycles. The number of hydrogen-bond acceptors (Lipinski definition) is 3. The van der Waals surface area contributed by atoms with Gasteiger partial charge < -0.3 is 19.1 Å². The van der Waals surface area contributed by atoms with Gasteiger partial charge in [-0.15, -0.1) is 0 Å². The number of aromatic nitrogens is 1. The van der Waals surface area contributed by atoms with E-state index in [0.29, 0.717) is 0 Å². The highest BCUT2D eigenvalue weighted by Crippen LogP contribution is 2.36. The molecular formula is C25H33N3O. The molecule has 1 fully saturated rings. The monoisotopic (exact) mass is 391 g/mol. The molecule has 4 nitrogen and oxygen atoms in total. The average Bonchev–Trinajstić information content (AvgIpc) is 2.99. The fraction of sp³-hybridized carbons (Fsp3) is 0.440. The summed E-state index contributed by atoms with van der Waals surface area (Å²) in [6, 6.07) is 15.0. The average molecular weight is 392 g/mol. The lowest BCUT2D eigenvalue weighted by molar-refractivity contribution is 0.153. The number of fused-ring (bicyclic) bond motifs is 1. The lowest BCUT2D eigenvalue weighted by atomic mass is 10.1. The third-order valence-corrected chi connectivity index (χ3v) is 6.41. The van der Waals surface area contributed by atoms with E-state index in [9.17, 15) is 0 Å². The highest BCUT2D eigenvalue weighted by molar-refractivity contribution is 5.87. The summed E-state index contributed by atoms with van der Waals surface area (Å²) in [5.41, 5.74) is 5.04. The lowest BCUT2D eigenvalue weighted by Crippen LogP contribution is -2.44. The van der Waals surface area contributed by atoms with Gasteiger partial charge in [0.25, 0.3) is 0 Å². The fourth-order valence-electron chi connectivity index (χ4n) is 4.31. The van der Waals surface area contributed by atoms with Crippen LogP contribution < -0.4 is 4.74 Å². The highest BCUT2D eigenvalue weighted by Gasteiger charge is 2.19. The van der Waals surface area contributed by atoms with E-state index in [2.05, 4.69) is 84.8 Å². The minimum Gasteiger partial charge on any atom is -0.440 e. The smallest absolute Gasteiger partial charge is 0.204 e. The predicted octanol–water partition coefficient (Wildman–Crippen LogP) is 4.77. The van der Waals surface area contributed by atoms with Crippen LogP contribution in [0.4, 0.5) is 0 Å². The van der Waals surface area contributed by atoms with Crippen LogP contribution in [-0.4, -0.2) is 54.1 Å². The fourth-order valence-corrected chi connectivity index (χ4v) is 4.31. The van der Waals surface area contributed by atoms with Crippen molar-refractivity contribution in [2.75, 3.05) is 39.8 Å². The molecule has 0 aliphatic carbocycles. The lowest BCUT2D eigenvalue weighted by Gasteiger charge is -2.32. The summed E-state index contributed by atoms with van der Waals surface area (Å²) < 4.78 is 8.75. The Kier molecular flexibility index (Phi) is 5.93. The molecule has 4 rings (SSSR count). The van der Waals surface area contributed by atoms with Crippen molar-refractivity contribution in [1.82, 2.24) is 14.4 Å². The van der Waals surface area contributed by atoms with Gasteiger partial charge in [-0.1, -0.05) is 30.3 Å². The van der Waals surface area contributed by atoms with Crippen LogP contribution in [0, 0.1) is 13.8 Å². The zero-order valence-corrected chi connectivity index (χ0v) is 18.2. The van der Waals surface area contributed by atoms with Crippen molar-refractivity contribution in [2.24, 2.45) is 7.05 Å². The predicted molar refractivity (Wildman–Crippen MR) is 121 cm³/mol. The molecule has 0 spiro atoms. The van der Waals surface area contributed by atoms with Crippen molar-refractivity contribution < 1.29 is 4.74 Å². The number of benzene rings is 2. The molecule has 0 unspecified atom stereocenters. The molecule has 4 heteroatoms. The van der Waals surface area contributed by atoms with E-state index < -0.39 is 0 Å². The molecule has 0 N–H and O–H groups in total. The van der Waals surface area contributed by atoms with Gasteiger partial charge in [0.05, 0.1) is 5.52 Å². The van der Waals surface area contributed by atoms with Crippen LogP contribution in [-0.2, 0) is 13.5 Å². The van der Waals surface area contributed by atoms with Crippen molar-refractivity contribution in [3.05, 3.63) is 59.2 Å². The number of para-hydroxylation sites is 1. The van der Waals surface area contributed by atoms with Gasteiger partial charge in [0, 0.05) is 44.2 Å². The topological polar surface area (TPSA) is 20.6 Å². The summed E-state index contributed by atoms with van der Waals surface area (Å²) in [6.07, 6.45) is 2.19. The quantitative estimate of drug-likeness (QED) is 0.604. The Balaban J connectivity index is 1.58. The first-order valence-corrected chi connectivity index (χ1v) is 10.8. The molecular weight excluding hydrogens is 358 g/mol. The molecule has 0 saturated carbocycles. The van der Waals surface area contributed by atoms with Crippen LogP contribution >= 0.6 is 0 Å². The van der Waals surface area contributed by atoms with Gasteiger partial charge in [0.15, 0.2) is 0 Å². The molecule has 1 aromatic heterocycles. The zero-order valence-electron chi connectivity index (χ0n) is 18.2. The molecule has 0 bridgehead atoms.